The van der Waals surface area contributed by atoms with Crippen molar-refractivity contribution in [2.75, 3.05) is 0 Å². The second kappa shape index (κ2) is 6.40. The van der Waals surface area contributed by atoms with E-state index in [0.717, 1.165) is 32.1 Å². The van der Waals surface area contributed by atoms with Crippen LogP contribution in [0.25, 0.3) is 0 Å². The summed E-state index contributed by atoms with van der Waals surface area (Å²) in [7, 11) is 0. The van der Waals surface area contributed by atoms with Crippen LogP contribution in [0.2, 0.25) is 0 Å². The summed E-state index contributed by atoms with van der Waals surface area (Å²) in [5.74, 6) is 0.116. The Labute approximate surface area is 121 Å². The van der Waals surface area contributed by atoms with Gasteiger partial charge in [0.15, 0.2) is 0 Å². The minimum Gasteiger partial charge on any atom is -0.349 e. The molecule has 1 saturated carbocycles. The maximum absolute atomic E-state index is 12.6. The van der Waals surface area contributed by atoms with Gasteiger partial charge in [0, 0.05) is 6.04 Å². The molecule has 0 saturated heterocycles. The van der Waals surface area contributed by atoms with Crippen molar-refractivity contribution in [2.24, 2.45) is 11.1 Å². The van der Waals surface area contributed by atoms with Crippen LogP contribution >= 0.6 is 0 Å². The Morgan fingerprint density at radius 3 is 2.70 bits per heavy atom. The van der Waals surface area contributed by atoms with Crippen LogP contribution in [-0.2, 0) is 4.79 Å². The van der Waals surface area contributed by atoms with Gasteiger partial charge in [-0.25, -0.2) is 0 Å². The maximum Gasteiger partial charge on any atom is 0.227 e. The molecular weight excluding hydrogens is 248 g/mol. The summed E-state index contributed by atoms with van der Waals surface area (Å²) >= 11 is 0. The first-order valence-corrected chi connectivity index (χ1v) is 7.69. The van der Waals surface area contributed by atoms with Crippen molar-refractivity contribution in [1.29, 1.82) is 0 Å². The molecule has 3 heteroatoms. The first-order valence-electron chi connectivity index (χ1n) is 7.69. The Hall–Kier alpha value is -1.35. The van der Waals surface area contributed by atoms with E-state index < -0.39 is 5.41 Å². The number of nitrogens with two attached hydrogens (primary N) is 1. The highest BCUT2D eigenvalue weighted by molar-refractivity contribution is 5.83. The van der Waals surface area contributed by atoms with Gasteiger partial charge in [0.1, 0.15) is 0 Å². The van der Waals surface area contributed by atoms with Gasteiger partial charge in [0.05, 0.1) is 11.5 Å². The molecule has 0 bridgehead atoms. The van der Waals surface area contributed by atoms with Crippen molar-refractivity contribution in [3.05, 3.63) is 35.9 Å². The number of nitrogens with one attached hydrogen (secondary N) is 1. The fraction of sp³-hybridized carbons (Fsp3) is 0.588. The predicted octanol–water partition coefficient (Wildman–Crippen LogP) is 3.16. The van der Waals surface area contributed by atoms with Crippen molar-refractivity contribution >= 4 is 5.91 Å². The molecule has 3 N–H and O–H groups in total. The third kappa shape index (κ3) is 3.04. The van der Waals surface area contributed by atoms with Gasteiger partial charge in [-0.1, -0.05) is 50.1 Å². The average molecular weight is 274 g/mol. The van der Waals surface area contributed by atoms with E-state index in [9.17, 15) is 4.79 Å². The molecule has 0 spiro atoms. The standard InChI is InChI=1S/C17H26N2O/c1-3-8-14(13-9-5-4-6-10-13)19-16(20)17(2)12-7-11-15(17)18/h4-6,9-10,14-15H,3,7-8,11-12,18H2,1-2H3,(H,19,20). The number of amides is 1. The quantitative estimate of drug-likeness (QED) is 0.866. The monoisotopic (exact) mass is 274 g/mol. The van der Waals surface area contributed by atoms with Crippen LogP contribution in [0.3, 0.4) is 0 Å². The lowest BCUT2D eigenvalue weighted by Crippen LogP contribution is -2.48. The molecule has 1 aromatic carbocycles. The largest absolute Gasteiger partial charge is 0.349 e. The van der Waals surface area contributed by atoms with Crippen LogP contribution in [-0.4, -0.2) is 11.9 Å². The molecule has 1 amide bonds. The summed E-state index contributed by atoms with van der Waals surface area (Å²) < 4.78 is 0. The van der Waals surface area contributed by atoms with Crippen LogP contribution in [0.5, 0.6) is 0 Å². The van der Waals surface area contributed by atoms with Crippen LogP contribution in [0.4, 0.5) is 0 Å². The van der Waals surface area contributed by atoms with Crippen molar-refractivity contribution in [3.63, 3.8) is 0 Å². The molecule has 3 unspecified atom stereocenters. The molecule has 1 aliphatic rings. The summed E-state index contributed by atoms with van der Waals surface area (Å²) in [5.41, 5.74) is 6.92. The van der Waals surface area contributed by atoms with E-state index >= 15 is 0 Å². The van der Waals surface area contributed by atoms with Gasteiger partial charge in [0.2, 0.25) is 5.91 Å². The van der Waals surface area contributed by atoms with Crippen LogP contribution in [0, 0.1) is 5.41 Å². The summed E-state index contributed by atoms with van der Waals surface area (Å²) in [4.78, 5) is 12.6. The van der Waals surface area contributed by atoms with E-state index in [1.54, 1.807) is 0 Å². The van der Waals surface area contributed by atoms with E-state index in [4.69, 9.17) is 5.73 Å². The predicted molar refractivity (Wildman–Crippen MR) is 82.2 cm³/mol. The van der Waals surface area contributed by atoms with E-state index in [2.05, 4.69) is 24.4 Å². The molecule has 0 aliphatic heterocycles. The second-order valence-corrected chi connectivity index (χ2v) is 6.14. The Bertz CT molecular complexity index is 446. The average Bonchev–Trinajstić information content (AvgIpc) is 2.80. The molecule has 0 radical (unpaired) electrons. The second-order valence-electron chi connectivity index (χ2n) is 6.14. The Morgan fingerprint density at radius 1 is 1.45 bits per heavy atom. The fourth-order valence-electron chi connectivity index (χ4n) is 3.09. The fourth-order valence-corrected chi connectivity index (χ4v) is 3.09. The van der Waals surface area contributed by atoms with Crippen LogP contribution in [0.1, 0.15) is 57.6 Å². The first kappa shape index (κ1) is 15.0. The third-order valence-corrected chi connectivity index (χ3v) is 4.63. The van der Waals surface area contributed by atoms with Crippen LogP contribution < -0.4 is 11.1 Å². The van der Waals surface area contributed by atoms with E-state index in [1.165, 1.54) is 5.56 Å². The maximum atomic E-state index is 12.6. The third-order valence-electron chi connectivity index (χ3n) is 4.63. The zero-order valence-corrected chi connectivity index (χ0v) is 12.6. The number of carbonyl (C=O) groups is 1. The summed E-state index contributed by atoms with van der Waals surface area (Å²) in [6.07, 6.45) is 4.90. The number of benzene rings is 1. The van der Waals surface area contributed by atoms with Crippen molar-refractivity contribution in [2.45, 2.75) is 58.0 Å². The molecule has 20 heavy (non-hydrogen) atoms. The Morgan fingerprint density at radius 2 is 2.15 bits per heavy atom. The Kier molecular flexibility index (Phi) is 4.81. The molecular formula is C17H26N2O. The minimum atomic E-state index is -0.402. The van der Waals surface area contributed by atoms with Gasteiger partial charge >= 0.3 is 0 Å². The normalized spacial score (nSPS) is 27.2. The molecule has 1 fully saturated rings. The summed E-state index contributed by atoms with van der Waals surface area (Å²) in [6, 6.07) is 10.3. The molecule has 110 valence electrons. The molecule has 2 rings (SSSR count). The van der Waals surface area contributed by atoms with Gasteiger partial charge in [0.25, 0.3) is 0 Å². The molecule has 0 aromatic heterocycles. The summed E-state index contributed by atoms with van der Waals surface area (Å²) in [5, 5.41) is 3.23. The number of hydrogen-bond donors (Lipinski definition) is 2. The molecule has 0 heterocycles. The highest BCUT2D eigenvalue weighted by Crippen LogP contribution is 2.37. The highest BCUT2D eigenvalue weighted by atomic mass is 16.2. The van der Waals surface area contributed by atoms with Crippen molar-refractivity contribution in [3.8, 4) is 0 Å². The lowest BCUT2D eigenvalue weighted by molar-refractivity contribution is -0.131. The van der Waals surface area contributed by atoms with E-state index in [1.807, 2.05) is 25.1 Å². The van der Waals surface area contributed by atoms with Gasteiger partial charge < -0.3 is 11.1 Å². The number of rotatable bonds is 5. The van der Waals surface area contributed by atoms with Crippen LogP contribution in [0.15, 0.2) is 30.3 Å². The molecule has 1 aromatic rings. The van der Waals surface area contributed by atoms with Gasteiger partial charge in [-0.3, -0.25) is 4.79 Å². The zero-order valence-electron chi connectivity index (χ0n) is 12.6. The lowest BCUT2D eigenvalue weighted by atomic mass is 9.83. The van der Waals surface area contributed by atoms with Gasteiger partial charge in [-0.15, -0.1) is 0 Å². The molecule has 3 nitrogen and oxygen atoms in total. The highest BCUT2D eigenvalue weighted by Gasteiger charge is 2.43. The number of hydrogen-bond acceptors (Lipinski definition) is 2. The van der Waals surface area contributed by atoms with E-state index in [0.29, 0.717) is 0 Å². The first-order chi connectivity index (χ1) is 9.58. The SMILES string of the molecule is CCCC(NC(=O)C1(C)CCCC1N)c1ccccc1. The minimum absolute atomic E-state index is 0.0134. The van der Waals surface area contributed by atoms with E-state index in [-0.39, 0.29) is 18.0 Å². The topological polar surface area (TPSA) is 55.1 Å². The zero-order chi connectivity index (χ0) is 14.6. The molecule has 3 atom stereocenters. The van der Waals surface area contributed by atoms with Crippen molar-refractivity contribution < 1.29 is 4.79 Å². The Balaban J connectivity index is 2.10. The van der Waals surface area contributed by atoms with Gasteiger partial charge in [-0.2, -0.15) is 0 Å². The molecule has 1 aliphatic carbocycles. The summed E-state index contributed by atoms with van der Waals surface area (Å²) in [6.45, 7) is 4.15. The lowest BCUT2D eigenvalue weighted by Gasteiger charge is -2.30. The number of carbonyl (C=O) groups excluding carboxylic acids is 1. The smallest absolute Gasteiger partial charge is 0.227 e. The van der Waals surface area contributed by atoms with Gasteiger partial charge in [-0.05, 0) is 31.7 Å². The van der Waals surface area contributed by atoms with Crippen molar-refractivity contribution in [1.82, 2.24) is 5.32 Å².